The van der Waals surface area contributed by atoms with Crippen molar-refractivity contribution in [1.82, 2.24) is 10.2 Å². The lowest BCUT2D eigenvalue weighted by molar-refractivity contribution is -0.140. The van der Waals surface area contributed by atoms with Crippen LogP contribution in [0.1, 0.15) is 37.0 Å². The molecule has 0 spiro atoms. The number of sulfonamides is 1. The van der Waals surface area contributed by atoms with Crippen LogP contribution in [0, 0.1) is 6.92 Å². The summed E-state index contributed by atoms with van der Waals surface area (Å²) in [5.74, 6) is -0.763. The third-order valence-corrected chi connectivity index (χ3v) is 8.77. The van der Waals surface area contributed by atoms with E-state index < -0.39 is 56.9 Å². The van der Waals surface area contributed by atoms with Gasteiger partial charge in [-0.3, -0.25) is 13.9 Å². The van der Waals surface area contributed by atoms with E-state index in [0.29, 0.717) is 21.7 Å². The molecule has 3 rings (SSSR count). The molecule has 0 fully saturated rings. The van der Waals surface area contributed by atoms with Crippen molar-refractivity contribution in [3.8, 4) is 5.75 Å². The molecule has 0 aliphatic rings. The molecule has 0 saturated carbocycles. The third kappa shape index (κ3) is 8.20. The van der Waals surface area contributed by atoms with Gasteiger partial charge in [0, 0.05) is 13.1 Å². The van der Waals surface area contributed by atoms with Gasteiger partial charge in [-0.15, -0.1) is 0 Å². The van der Waals surface area contributed by atoms with Crippen molar-refractivity contribution in [3.63, 3.8) is 0 Å². The average Bonchev–Trinajstić information content (AvgIpc) is 2.96. The van der Waals surface area contributed by atoms with E-state index in [2.05, 4.69) is 5.32 Å². The van der Waals surface area contributed by atoms with E-state index in [1.165, 1.54) is 36.3 Å². The molecule has 0 aromatic heterocycles. The minimum Gasteiger partial charge on any atom is -0.497 e. The van der Waals surface area contributed by atoms with Crippen LogP contribution in [-0.4, -0.2) is 51.4 Å². The number of rotatable bonds is 12. The summed E-state index contributed by atoms with van der Waals surface area (Å²) >= 11 is 5.81. The molecule has 0 aliphatic heterocycles. The van der Waals surface area contributed by atoms with Crippen LogP contribution in [0.4, 0.5) is 18.9 Å². The largest absolute Gasteiger partial charge is 0.497 e. The van der Waals surface area contributed by atoms with Gasteiger partial charge in [-0.1, -0.05) is 48.4 Å². The third-order valence-electron chi connectivity index (χ3n) is 6.66. The summed E-state index contributed by atoms with van der Waals surface area (Å²) < 4.78 is 75.0. The molecule has 8 nitrogen and oxygen atoms in total. The number of hydrogen-bond acceptors (Lipinski definition) is 5. The van der Waals surface area contributed by atoms with Gasteiger partial charge in [-0.2, -0.15) is 13.2 Å². The Hall–Kier alpha value is -3.77. The highest BCUT2D eigenvalue weighted by atomic mass is 35.5. The van der Waals surface area contributed by atoms with E-state index in [1.807, 2.05) is 0 Å². The van der Waals surface area contributed by atoms with Crippen LogP contribution in [0.15, 0.2) is 71.6 Å². The number of aryl methyl sites for hydroxylation is 1. The van der Waals surface area contributed by atoms with Gasteiger partial charge in [0.25, 0.3) is 10.0 Å². The number of ether oxygens (including phenoxy) is 1. The number of halogens is 4. The Morgan fingerprint density at radius 3 is 2.28 bits per heavy atom. The first kappa shape index (κ1) is 33.7. The monoisotopic (exact) mass is 639 g/mol. The molecule has 3 aromatic rings. The summed E-state index contributed by atoms with van der Waals surface area (Å²) in [4.78, 5) is 28.1. The van der Waals surface area contributed by atoms with Crippen LogP contribution in [-0.2, 0) is 32.3 Å². The minimum absolute atomic E-state index is 0.0987. The van der Waals surface area contributed by atoms with E-state index in [1.54, 1.807) is 45.0 Å². The molecule has 0 heterocycles. The maximum Gasteiger partial charge on any atom is 0.417 e. The number of benzene rings is 3. The second kappa shape index (κ2) is 14.1. The number of likely N-dealkylation sites (N-methyl/N-ethyl adjacent to an activating group) is 1. The molecule has 0 bridgehead atoms. The summed E-state index contributed by atoms with van der Waals surface area (Å²) in [5, 5.41) is 2.06. The predicted octanol–water partition coefficient (Wildman–Crippen LogP) is 5.81. The van der Waals surface area contributed by atoms with Gasteiger partial charge in [0.05, 0.1) is 28.3 Å². The fraction of sp³-hybridized carbons (Fsp3) is 0.333. The Morgan fingerprint density at radius 1 is 1.02 bits per heavy atom. The van der Waals surface area contributed by atoms with Gasteiger partial charge >= 0.3 is 6.18 Å². The number of methoxy groups -OCH3 is 1. The Balaban J connectivity index is 2.16. The maximum absolute atomic E-state index is 14.0. The molecule has 0 saturated heterocycles. The van der Waals surface area contributed by atoms with Crippen LogP contribution in [0.2, 0.25) is 5.02 Å². The summed E-state index contributed by atoms with van der Waals surface area (Å²) in [6.07, 6.45) is -4.70. The second-order valence-electron chi connectivity index (χ2n) is 9.68. The standard InChI is InChI=1S/C30H33ClF3N3O5S/c1-5-27(29(39)35-6-2)36(18-21-8-7-9-23(16-21)42-4)28(38)19-37(43(40,41)24-13-10-20(3)11-14-24)22-12-15-26(31)25(17-22)30(32,33)34/h7-17,27H,5-6,18-19H2,1-4H3,(H,35,39)/t27-/m0/s1. The zero-order valence-electron chi connectivity index (χ0n) is 24.1. The lowest BCUT2D eigenvalue weighted by atomic mass is 10.1. The fourth-order valence-electron chi connectivity index (χ4n) is 4.43. The van der Waals surface area contributed by atoms with Crippen molar-refractivity contribution in [3.05, 3.63) is 88.4 Å². The first-order chi connectivity index (χ1) is 20.2. The van der Waals surface area contributed by atoms with Crippen LogP contribution in [0.25, 0.3) is 0 Å². The van der Waals surface area contributed by atoms with E-state index >= 15 is 0 Å². The zero-order chi connectivity index (χ0) is 31.9. The number of carbonyl (C=O) groups is 2. The number of hydrogen-bond donors (Lipinski definition) is 1. The summed E-state index contributed by atoms with van der Waals surface area (Å²) in [7, 11) is -3.09. The number of nitrogens with zero attached hydrogens (tertiary/aromatic N) is 2. The molecule has 1 N–H and O–H groups in total. The highest BCUT2D eigenvalue weighted by molar-refractivity contribution is 7.92. The lowest BCUT2D eigenvalue weighted by Gasteiger charge is -2.33. The molecule has 0 radical (unpaired) electrons. The van der Waals surface area contributed by atoms with Crippen molar-refractivity contribution < 1.29 is 35.9 Å². The average molecular weight is 640 g/mol. The molecule has 1 atom stereocenters. The van der Waals surface area contributed by atoms with Crippen LogP contribution in [0.5, 0.6) is 5.75 Å². The van der Waals surface area contributed by atoms with Crippen molar-refractivity contribution in [2.45, 2.75) is 50.9 Å². The van der Waals surface area contributed by atoms with E-state index in [4.69, 9.17) is 16.3 Å². The number of anilines is 1. The Bertz CT molecular complexity index is 1550. The zero-order valence-corrected chi connectivity index (χ0v) is 25.7. The van der Waals surface area contributed by atoms with Crippen molar-refractivity contribution in [1.29, 1.82) is 0 Å². The van der Waals surface area contributed by atoms with Crippen LogP contribution < -0.4 is 14.4 Å². The smallest absolute Gasteiger partial charge is 0.417 e. The molecule has 13 heteroatoms. The van der Waals surface area contributed by atoms with Gasteiger partial charge in [-0.25, -0.2) is 8.42 Å². The number of alkyl halides is 3. The van der Waals surface area contributed by atoms with Gasteiger partial charge < -0.3 is 15.0 Å². The molecular formula is C30H33ClF3N3O5S. The molecule has 232 valence electrons. The quantitative estimate of drug-likeness (QED) is 0.270. The molecule has 3 aromatic carbocycles. The van der Waals surface area contributed by atoms with Crippen molar-refractivity contribution in [2.75, 3.05) is 24.5 Å². The van der Waals surface area contributed by atoms with Crippen LogP contribution >= 0.6 is 11.6 Å². The van der Waals surface area contributed by atoms with E-state index in [0.717, 1.165) is 17.7 Å². The van der Waals surface area contributed by atoms with Crippen molar-refractivity contribution in [2.24, 2.45) is 0 Å². The molecule has 43 heavy (non-hydrogen) atoms. The van der Waals surface area contributed by atoms with Gasteiger partial charge in [0.2, 0.25) is 11.8 Å². The maximum atomic E-state index is 14.0. The van der Waals surface area contributed by atoms with Gasteiger partial charge in [0.15, 0.2) is 0 Å². The first-order valence-corrected chi connectivity index (χ1v) is 15.2. The van der Waals surface area contributed by atoms with Gasteiger partial charge in [0.1, 0.15) is 18.3 Å². The summed E-state index contributed by atoms with van der Waals surface area (Å²) in [5.41, 5.74) is -0.331. The van der Waals surface area contributed by atoms with Crippen LogP contribution in [0.3, 0.4) is 0 Å². The minimum atomic E-state index is -4.89. The molecule has 2 amide bonds. The number of carbonyl (C=O) groups excluding carboxylic acids is 2. The molecular weight excluding hydrogens is 607 g/mol. The van der Waals surface area contributed by atoms with E-state index in [-0.39, 0.29) is 24.4 Å². The normalized spacial score (nSPS) is 12.4. The Morgan fingerprint density at radius 2 is 1.70 bits per heavy atom. The lowest BCUT2D eigenvalue weighted by Crippen LogP contribution is -2.52. The predicted molar refractivity (Wildman–Crippen MR) is 158 cm³/mol. The summed E-state index contributed by atoms with van der Waals surface area (Å²) in [6, 6.07) is 14.1. The molecule has 0 aliphatic carbocycles. The first-order valence-electron chi connectivity index (χ1n) is 13.4. The van der Waals surface area contributed by atoms with Gasteiger partial charge in [-0.05, 0) is 68.3 Å². The topological polar surface area (TPSA) is 96.0 Å². The summed E-state index contributed by atoms with van der Waals surface area (Å²) in [6.45, 7) is 4.45. The highest BCUT2D eigenvalue weighted by Gasteiger charge is 2.37. The number of amides is 2. The Labute approximate surface area is 254 Å². The second-order valence-corrected chi connectivity index (χ2v) is 11.9. The highest BCUT2D eigenvalue weighted by Crippen LogP contribution is 2.38. The molecule has 0 unspecified atom stereocenters. The Kier molecular flexibility index (Phi) is 11.1. The van der Waals surface area contributed by atoms with E-state index in [9.17, 15) is 31.2 Å². The SMILES string of the molecule is CCNC(=O)[C@H](CC)N(Cc1cccc(OC)c1)C(=O)CN(c1ccc(Cl)c(C(F)(F)F)c1)S(=O)(=O)c1ccc(C)cc1. The van der Waals surface area contributed by atoms with Crippen molar-refractivity contribution >= 4 is 39.1 Å². The number of nitrogens with one attached hydrogen (secondary N) is 1. The fourth-order valence-corrected chi connectivity index (χ4v) is 6.06.